The first-order chi connectivity index (χ1) is 5.30. The van der Waals surface area contributed by atoms with Gasteiger partial charge in [0, 0.05) is 0 Å². The summed E-state index contributed by atoms with van der Waals surface area (Å²) in [6.45, 7) is 0. The molecule has 2 nitrogen and oxygen atoms in total. The smallest absolute Gasteiger partial charge is 0.310 e. The monoisotopic (exact) mass is 150 g/mol. The van der Waals surface area contributed by atoms with Crippen molar-refractivity contribution >= 4 is 5.97 Å². The van der Waals surface area contributed by atoms with E-state index in [0.29, 0.717) is 6.42 Å². The highest BCUT2D eigenvalue weighted by Crippen LogP contribution is 2.08. The summed E-state index contributed by atoms with van der Waals surface area (Å²) in [5.74, 6) is -1.13. The maximum absolute atomic E-state index is 10.5. The first-order valence-electron chi connectivity index (χ1n) is 3.53. The molecule has 0 aliphatic heterocycles. The van der Waals surface area contributed by atoms with E-state index >= 15 is 0 Å². The first-order valence-corrected chi connectivity index (χ1v) is 3.53. The Morgan fingerprint density at radius 2 is 2.00 bits per heavy atom. The predicted molar refractivity (Wildman–Crippen MR) is 43.2 cm³/mol. The molecule has 1 aliphatic carbocycles. The van der Waals surface area contributed by atoms with Crippen molar-refractivity contribution in [2.45, 2.75) is 6.42 Å². The summed E-state index contributed by atoms with van der Waals surface area (Å²) in [5, 5.41) is 8.65. The van der Waals surface area contributed by atoms with Gasteiger partial charge in [-0.25, -0.2) is 0 Å². The van der Waals surface area contributed by atoms with Gasteiger partial charge in [0.2, 0.25) is 0 Å². The lowest BCUT2D eigenvalue weighted by molar-refractivity contribution is -0.139. The Kier molecular flexibility index (Phi) is 2.66. The normalized spacial score (nSPS) is 22.7. The standard InChI is InChI=1S/C9H10O2/c10-9(11)8-6-4-2-1-3-5-7-8/h1-6,8H,7H2,(H,10,11)/t8-/m1/s1. The van der Waals surface area contributed by atoms with Crippen molar-refractivity contribution in [2.75, 3.05) is 0 Å². The second kappa shape index (κ2) is 3.76. The molecule has 1 atom stereocenters. The number of rotatable bonds is 1. The molecule has 1 aliphatic rings. The van der Waals surface area contributed by atoms with Crippen LogP contribution in [0, 0.1) is 5.92 Å². The summed E-state index contributed by atoms with van der Waals surface area (Å²) in [4.78, 5) is 10.5. The Hall–Kier alpha value is -1.31. The van der Waals surface area contributed by atoms with E-state index < -0.39 is 5.97 Å². The van der Waals surface area contributed by atoms with Crippen molar-refractivity contribution in [1.82, 2.24) is 0 Å². The average Bonchev–Trinajstić information content (AvgIpc) is 1.84. The molecule has 0 aromatic carbocycles. The number of carboxylic acids is 1. The highest BCUT2D eigenvalue weighted by Gasteiger charge is 2.10. The highest BCUT2D eigenvalue weighted by atomic mass is 16.4. The van der Waals surface area contributed by atoms with Crippen molar-refractivity contribution in [3.05, 3.63) is 36.5 Å². The van der Waals surface area contributed by atoms with Crippen LogP contribution in [0.2, 0.25) is 0 Å². The maximum Gasteiger partial charge on any atom is 0.310 e. The number of allylic oxidation sites excluding steroid dienone is 5. The second-order valence-electron chi connectivity index (χ2n) is 2.38. The summed E-state index contributed by atoms with van der Waals surface area (Å²) in [5.41, 5.74) is 0. The zero-order chi connectivity index (χ0) is 8.10. The molecular weight excluding hydrogens is 140 g/mol. The van der Waals surface area contributed by atoms with Gasteiger partial charge in [-0.3, -0.25) is 4.79 Å². The van der Waals surface area contributed by atoms with Crippen molar-refractivity contribution in [1.29, 1.82) is 0 Å². The van der Waals surface area contributed by atoms with Crippen LogP contribution in [0.5, 0.6) is 0 Å². The van der Waals surface area contributed by atoms with Gasteiger partial charge in [0.05, 0.1) is 5.92 Å². The fraction of sp³-hybridized carbons (Fsp3) is 0.222. The summed E-state index contributed by atoms with van der Waals surface area (Å²) < 4.78 is 0. The van der Waals surface area contributed by atoms with Gasteiger partial charge in [-0.15, -0.1) is 0 Å². The van der Waals surface area contributed by atoms with E-state index in [9.17, 15) is 4.79 Å². The van der Waals surface area contributed by atoms with Crippen LogP contribution in [-0.2, 0) is 4.79 Å². The number of carboxylic acid groups (broad SMARTS) is 1. The minimum absolute atomic E-state index is 0.365. The summed E-state index contributed by atoms with van der Waals surface area (Å²) in [6.07, 6.45) is 11.5. The molecule has 0 bridgehead atoms. The molecule has 0 aromatic rings. The number of aliphatic carboxylic acids is 1. The van der Waals surface area contributed by atoms with Crippen LogP contribution in [0.1, 0.15) is 6.42 Å². The lowest BCUT2D eigenvalue weighted by atomic mass is 10.0. The molecule has 2 heteroatoms. The van der Waals surface area contributed by atoms with E-state index in [0.717, 1.165) is 0 Å². The van der Waals surface area contributed by atoms with Crippen LogP contribution < -0.4 is 0 Å². The van der Waals surface area contributed by atoms with Crippen LogP contribution in [0.25, 0.3) is 0 Å². The van der Waals surface area contributed by atoms with E-state index in [1.165, 1.54) is 0 Å². The van der Waals surface area contributed by atoms with Gasteiger partial charge in [0.15, 0.2) is 0 Å². The van der Waals surface area contributed by atoms with Crippen LogP contribution in [0.15, 0.2) is 36.5 Å². The fourth-order valence-electron chi connectivity index (χ4n) is 0.892. The lowest BCUT2D eigenvalue weighted by Gasteiger charge is -2.03. The predicted octanol–water partition coefficient (Wildman–Crippen LogP) is 1.76. The van der Waals surface area contributed by atoms with Crippen LogP contribution in [0.3, 0.4) is 0 Å². The molecule has 0 unspecified atom stereocenters. The Balaban J connectivity index is 2.68. The number of hydrogen-bond donors (Lipinski definition) is 1. The van der Waals surface area contributed by atoms with Crippen LogP contribution in [-0.4, -0.2) is 11.1 Å². The molecule has 0 radical (unpaired) electrons. The quantitative estimate of drug-likeness (QED) is 0.618. The molecule has 1 rings (SSSR count). The van der Waals surface area contributed by atoms with Crippen LogP contribution in [0.4, 0.5) is 0 Å². The van der Waals surface area contributed by atoms with Crippen molar-refractivity contribution in [3.63, 3.8) is 0 Å². The van der Waals surface area contributed by atoms with Gasteiger partial charge < -0.3 is 5.11 Å². The molecule has 0 fully saturated rings. The molecule has 1 N–H and O–H groups in total. The minimum atomic E-state index is -0.763. The first kappa shape index (κ1) is 7.79. The topological polar surface area (TPSA) is 37.3 Å². The van der Waals surface area contributed by atoms with Crippen LogP contribution >= 0.6 is 0 Å². The maximum atomic E-state index is 10.5. The highest BCUT2D eigenvalue weighted by molar-refractivity contribution is 5.72. The zero-order valence-electron chi connectivity index (χ0n) is 6.10. The SMILES string of the molecule is O=C(O)[C@@H]1C=CC=CC=CC1. The molecule has 58 valence electrons. The molecule has 0 spiro atoms. The van der Waals surface area contributed by atoms with E-state index in [2.05, 4.69) is 0 Å². The summed E-state index contributed by atoms with van der Waals surface area (Å²) in [7, 11) is 0. The number of hydrogen-bond acceptors (Lipinski definition) is 1. The van der Waals surface area contributed by atoms with E-state index in [1.807, 2.05) is 24.3 Å². The molecular formula is C9H10O2. The van der Waals surface area contributed by atoms with E-state index in [1.54, 1.807) is 12.2 Å². The Morgan fingerprint density at radius 3 is 2.73 bits per heavy atom. The Labute approximate surface area is 65.5 Å². The third-order valence-electron chi connectivity index (χ3n) is 1.52. The summed E-state index contributed by atoms with van der Waals surface area (Å²) >= 11 is 0. The Morgan fingerprint density at radius 1 is 1.27 bits per heavy atom. The molecule has 0 amide bonds. The van der Waals surface area contributed by atoms with Crippen molar-refractivity contribution in [3.8, 4) is 0 Å². The molecule has 0 saturated heterocycles. The minimum Gasteiger partial charge on any atom is -0.481 e. The van der Waals surface area contributed by atoms with Gasteiger partial charge in [0.1, 0.15) is 0 Å². The van der Waals surface area contributed by atoms with Gasteiger partial charge >= 0.3 is 5.97 Å². The van der Waals surface area contributed by atoms with Gasteiger partial charge in [-0.2, -0.15) is 0 Å². The van der Waals surface area contributed by atoms with E-state index in [4.69, 9.17) is 5.11 Å². The van der Waals surface area contributed by atoms with Crippen molar-refractivity contribution < 1.29 is 9.90 Å². The largest absolute Gasteiger partial charge is 0.481 e. The summed E-state index contributed by atoms with van der Waals surface area (Å²) in [6, 6.07) is 0. The molecule has 0 heterocycles. The van der Waals surface area contributed by atoms with E-state index in [-0.39, 0.29) is 5.92 Å². The zero-order valence-corrected chi connectivity index (χ0v) is 6.10. The van der Waals surface area contributed by atoms with Crippen molar-refractivity contribution in [2.24, 2.45) is 5.92 Å². The lowest BCUT2D eigenvalue weighted by Crippen LogP contribution is -2.09. The molecule has 0 saturated carbocycles. The fourth-order valence-corrected chi connectivity index (χ4v) is 0.892. The van der Waals surface area contributed by atoms with Gasteiger partial charge in [-0.05, 0) is 6.42 Å². The third-order valence-corrected chi connectivity index (χ3v) is 1.52. The third kappa shape index (κ3) is 2.42. The van der Waals surface area contributed by atoms with Gasteiger partial charge in [-0.1, -0.05) is 36.5 Å². The molecule has 0 aromatic heterocycles. The Bertz CT molecular complexity index is 224. The average molecular weight is 150 g/mol. The van der Waals surface area contributed by atoms with Gasteiger partial charge in [0.25, 0.3) is 0 Å². The second-order valence-corrected chi connectivity index (χ2v) is 2.38. The number of carbonyl (C=O) groups is 1. The molecule has 11 heavy (non-hydrogen) atoms.